The average Bonchev–Trinajstić information content (AvgIpc) is 2.47. The van der Waals surface area contributed by atoms with Gasteiger partial charge in [-0.15, -0.1) is 0 Å². The fourth-order valence-electron chi connectivity index (χ4n) is 2.33. The van der Waals surface area contributed by atoms with Crippen LogP contribution in [-0.2, 0) is 4.74 Å². The molecule has 21 heavy (non-hydrogen) atoms. The van der Waals surface area contributed by atoms with Gasteiger partial charge in [-0.2, -0.15) is 11.8 Å². The van der Waals surface area contributed by atoms with Crippen molar-refractivity contribution in [2.45, 2.75) is 83.0 Å². The smallest absolute Gasteiger partial charge is 0.0697 e. The van der Waals surface area contributed by atoms with Crippen molar-refractivity contribution < 1.29 is 14.9 Å². The van der Waals surface area contributed by atoms with Gasteiger partial charge in [0.1, 0.15) is 0 Å². The van der Waals surface area contributed by atoms with E-state index < -0.39 is 0 Å². The molecule has 0 saturated heterocycles. The van der Waals surface area contributed by atoms with Gasteiger partial charge in [0.15, 0.2) is 0 Å². The van der Waals surface area contributed by atoms with Crippen LogP contribution in [0.15, 0.2) is 0 Å². The molecule has 0 radical (unpaired) electrons. The quantitative estimate of drug-likeness (QED) is 0.422. The van der Waals surface area contributed by atoms with Gasteiger partial charge in [-0.1, -0.05) is 51.9 Å². The minimum absolute atomic E-state index is 0.0989. The van der Waals surface area contributed by atoms with Gasteiger partial charge in [-0.3, -0.25) is 0 Å². The largest absolute Gasteiger partial charge is 0.394 e. The third kappa shape index (κ3) is 14.9. The molecule has 4 heteroatoms. The molecule has 0 bridgehead atoms. The van der Waals surface area contributed by atoms with E-state index in [4.69, 9.17) is 9.84 Å². The molecule has 0 fully saturated rings. The summed E-state index contributed by atoms with van der Waals surface area (Å²) in [4.78, 5) is 0. The van der Waals surface area contributed by atoms with Crippen LogP contribution in [0.25, 0.3) is 0 Å². The lowest BCUT2D eigenvalue weighted by atomic mass is 10.1. The number of aliphatic hydroxyl groups excluding tert-OH is 2. The van der Waals surface area contributed by atoms with Crippen molar-refractivity contribution >= 4 is 11.8 Å². The van der Waals surface area contributed by atoms with Crippen LogP contribution >= 0.6 is 11.8 Å². The van der Waals surface area contributed by atoms with Crippen molar-refractivity contribution in [3.05, 3.63) is 0 Å². The monoisotopic (exact) mass is 320 g/mol. The Morgan fingerprint density at radius 3 is 2.24 bits per heavy atom. The van der Waals surface area contributed by atoms with Crippen LogP contribution in [0.4, 0.5) is 0 Å². The van der Waals surface area contributed by atoms with E-state index in [1.807, 2.05) is 18.7 Å². The van der Waals surface area contributed by atoms with E-state index in [9.17, 15) is 5.11 Å². The number of rotatable bonds is 16. The van der Waals surface area contributed by atoms with Crippen molar-refractivity contribution in [3.8, 4) is 0 Å². The van der Waals surface area contributed by atoms with E-state index in [0.717, 1.165) is 18.6 Å². The molecule has 0 rings (SSSR count). The maximum Gasteiger partial charge on any atom is 0.0697 e. The summed E-state index contributed by atoms with van der Waals surface area (Å²) < 4.78 is 5.24. The second-order valence-corrected chi connectivity index (χ2v) is 7.10. The standard InChI is InChI=1S/C17H36O3S/c1-3-4-5-6-7-8-9-11-17(16(2)19)21-15-10-13-20-14-12-18/h16-19H,3-15H2,1-2H3. The Kier molecular flexibility index (Phi) is 16.8. The Hall–Kier alpha value is 0.230. The third-order valence-corrected chi connectivity index (χ3v) is 5.21. The summed E-state index contributed by atoms with van der Waals surface area (Å²) in [6.07, 6.45) is 11.2. The first-order valence-corrected chi connectivity index (χ1v) is 9.75. The lowest BCUT2D eigenvalue weighted by molar-refractivity contribution is 0.0932. The van der Waals surface area contributed by atoms with Gasteiger partial charge in [-0.25, -0.2) is 0 Å². The van der Waals surface area contributed by atoms with Gasteiger partial charge in [0, 0.05) is 11.9 Å². The zero-order chi connectivity index (χ0) is 15.8. The fraction of sp³-hybridized carbons (Fsp3) is 1.00. The van der Waals surface area contributed by atoms with Crippen molar-refractivity contribution in [1.29, 1.82) is 0 Å². The molecule has 128 valence electrons. The zero-order valence-corrected chi connectivity index (χ0v) is 14.9. The summed E-state index contributed by atoms with van der Waals surface area (Å²) >= 11 is 1.87. The molecule has 0 amide bonds. The molecule has 0 saturated carbocycles. The van der Waals surface area contributed by atoms with Crippen LogP contribution in [-0.4, -0.2) is 47.1 Å². The average molecular weight is 321 g/mol. The predicted octanol–water partition coefficient (Wildman–Crippen LogP) is 4.01. The summed E-state index contributed by atoms with van der Waals surface area (Å²) in [7, 11) is 0. The first-order valence-electron chi connectivity index (χ1n) is 8.70. The zero-order valence-electron chi connectivity index (χ0n) is 14.1. The molecule has 0 aliphatic carbocycles. The molecule has 0 aliphatic rings. The van der Waals surface area contributed by atoms with Crippen molar-refractivity contribution in [3.63, 3.8) is 0 Å². The molecule has 3 nitrogen and oxygen atoms in total. The van der Waals surface area contributed by atoms with Gasteiger partial charge in [0.05, 0.1) is 19.3 Å². The number of hydrogen-bond donors (Lipinski definition) is 2. The second kappa shape index (κ2) is 16.6. The van der Waals surface area contributed by atoms with Gasteiger partial charge in [0.25, 0.3) is 0 Å². The highest BCUT2D eigenvalue weighted by molar-refractivity contribution is 7.99. The minimum atomic E-state index is -0.228. The fourth-order valence-corrected chi connectivity index (χ4v) is 3.53. The Bertz CT molecular complexity index is 200. The predicted molar refractivity (Wildman–Crippen MR) is 93.1 cm³/mol. The molecule has 2 atom stereocenters. The number of ether oxygens (including phenoxy) is 1. The summed E-state index contributed by atoms with van der Waals surface area (Å²) in [5, 5.41) is 18.8. The van der Waals surface area contributed by atoms with Gasteiger partial charge < -0.3 is 14.9 Å². The van der Waals surface area contributed by atoms with Crippen molar-refractivity contribution in [2.75, 3.05) is 25.6 Å². The second-order valence-electron chi connectivity index (χ2n) is 5.75. The Morgan fingerprint density at radius 1 is 0.952 bits per heavy atom. The van der Waals surface area contributed by atoms with Crippen LogP contribution in [0.1, 0.15) is 71.6 Å². The molecule has 0 heterocycles. The molecular weight excluding hydrogens is 284 g/mol. The van der Waals surface area contributed by atoms with Gasteiger partial charge in [0.2, 0.25) is 0 Å². The molecular formula is C17H36O3S. The summed E-state index contributed by atoms with van der Waals surface area (Å²) in [5.41, 5.74) is 0. The highest BCUT2D eigenvalue weighted by Crippen LogP contribution is 2.22. The van der Waals surface area contributed by atoms with Gasteiger partial charge >= 0.3 is 0 Å². The first-order chi connectivity index (χ1) is 10.2. The molecule has 2 unspecified atom stereocenters. The maximum atomic E-state index is 9.84. The van der Waals surface area contributed by atoms with Crippen molar-refractivity contribution in [2.24, 2.45) is 0 Å². The SMILES string of the molecule is CCCCCCCCCC(SCCCOCCO)C(C)O. The normalized spacial score (nSPS) is 14.3. The van der Waals surface area contributed by atoms with E-state index in [1.54, 1.807) is 0 Å². The molecule has 0 aromatic heterocycles. The van der Waals surface area contributed by atoms with Crippen molar-refractivity contribution in [1.82, 2.24) is 0 Å². The lowest BCUT2D eigenvalue weighted by Crippen LogP contribution is -2.20. The highest BCUT2D eigenvalue weighted by Gasteiger charge is 2.14. The Morgan fingerprint density at radius 2 is 1.62 bits per heavy atom. The van der Waals surface area contributed by atoms with E-state index in [-0.39, 0.29) is 12.7 Å². The summed E-state index contributed by atoms with van der Waals surface area (Å²) in [6.45, 7) is 5.39. The first kappa shape index (κ1) is 21.2. The maximum absolute atomic E-state index is 9.84. The van der Waals surface area contributed by atoms with Gasteiger partial charge in [-0.05, 0) is 25.5 Å². The number of unbranched alkanes of at least 4 members (excludes halogenated alkanes) is 6. The van der Waals surface area contributed by atoms with Crippen LogP contribution < -0.4 is 0 Å². The number of hydrogen-bond acceptors (Lipinski definition) is 4. The van der Waals surface area contributed by atoms with E-state index >= 15 is 0 Å². The molecule has 0 aromatic rings. The number of thioether (sulfide) groups is 1. The van der Waals surface area contributed by atoms with Crippen LogP contribution in [0, 0.1) is 0 Å². The molecule has 0 spiro atoms. The minimum Gasteiger partial charge on any atom is -0.394 e. The van der Waals surface area contributed by atoms with E-state index in [2.05, 4.69) is 6.92 Å². The Labute approximate surface area is 135 Å². The summed E-state index contributed by atoms with van der Waals surface area (Å²) in [5.74, 6) is 1.03. The Balaban J connectivity index is 3.50. The summed E-state index contributed by atoms with van der Waals surface area (Å²) in [6, 6.07) is 0. The molecule has 2 N–H and O–H groups in total. The van der Waals surface area contributed by atoms with E-state index in [0.29, 0.717) is 18.5 Å². The van der Waals surface area contributed by atoms with E-state index in [1.165, 1.54) is 44.9 Å². The van der Waals surface area contributed by atoms with Crippen LogP contribution in [0.5, 0.6) is 0 Å². The highest BCUT2D eigenvalue weighted by atomic mass is 32.2. The molecule has 0 aliphatic heterocycles. The van der Waals surface area contributed by atoms with Crippen LogP contribution in [0.3, 0.4) is 0 Å². The van der Waals surface area contributed by atoms with Crippen LogP contribution in [0.2, 0.25) is 0 Å². The number of aliphatic hydroxyl groups is 2. The topological polar surface area (TPSA) is 49.7 Å². The third-order valence-electron chi connectivity index (χ3n) is 3.63. The lowest BCUT2D eigenvalue weighted by Gasteiger charge is -2.19. The molecule has 0 aromatic carbocycles.